The molecule has 2 aliphatic rings. The van der Waals surface area contributed by atoms with Crippen molar-refractivity contribution in [2.24, 2.45) is 0 Å². The van der Waals surface area contributed by atoms with Gasteiger partial charge in [0.1, 0.15) is 12.7 Å². The molecule has 1 unspecified atom stereocenters. The largest absolute Gasteiger partial charge is 0.442 e. The lowest BCUT2D eigenvalue weighted by atomic mass is 10.2. The van der Waals surface area contributed by atoms with Crippen LogP contribution >= 0.6 is 34.5 Å². The van der Waals surface area contributed by atoms with E-state index in [1.165, 1.54) is 16.2 Å². The molecule has 1 N–H and O–H groups in total. The van der Waals surface area contributed by atoms with E-state index in [2.05, 4.69) is 5.32 Å². The number of benzene rings is 1. The number of ether oxygens (including phenoxy) is 2. The number of anilines is 2. The number of morpholine rings is 1. The summed E-state index contributed by atoms with van der Waals surface area (Å²) < 4.78 is 11.0. The molecule has 2 aromatic rings. The molecule has 2 saturated heterocycles. The molecule has 0 spiro atoms. The van der Waals surface area contributed by atoms with Gasteiger partial charge in [-0.2, -0.15) is 0 Å². The van der Waals surface area contributed by atoms with Gasteiger partial charge in [-0.3, -0.25) is 14.5 Å². The Bertz CT molecular complexity index is 998. The predicted molar refractivity (Wildman–Crippen MR) is 114 cm³/mol. The van der Waals surface area contributed by atoms with Gasteiger partial charge < -0.3 is 19.7 Å². The number of nitrogens with one attached hydrogen (secondary N) is 1. The third-order valence-corrected chi connectivity index (χ3v) is 6.21. The summed E-state index contributed by atoms with van der Waals surface area (Å²) in [5.41, 5.74) is 1.12. The maximum Gasteiger partial charge on any atom is 0.414 e. The third-order valence-electron chi connectivity index (χ3n) is 4.68. The van der Waals surface area contributed by atoms with Crippen LogP contribution in [-0.4, -0.2) is 56.9 Å². The molecule has 2 fully saturated rings. The first-order valence-electron chi connectivity index (χ1n) is 9.11. The van der Waals surface area contributed by atoms with E-state index >= 15 is 0 Å². The number of amides is 3. The first-order chi connectivity index (χ1) is 14.4. The summed E-state index contributed by atoms with van der Waals surface area (Å²) in [5, 5.41) is 3.09. The highest BCUT2D eigenvalue weighted by Gasteiger charge is 2.33. The highest BCUT2D eigenvalue weighted by Crippen LogP contribution is 2.33. The molecule has 2 aliphatic heterocycles. The molecule has 1 atom stereocenters. The lowest BCUT2D eigenvalue weighted by Crippen LogP contribution is -2.41. The van der Waals surface area contributed by atoms with Crippen molar-refractivity contribution in [3.05, 3.63) is 44.6 Å². The second-order valence-electron chi connectivity index (χ2n) is 6.66. The van der Waals surface area contributed by atoms with E-state index < -0.39 is 12.2 Å². The zero-order chi connectivity index (χ0) is 21.3. The van der Waals surface area contributed by atoms with Crippen LogP contribution in [0.5, 0.6) is 0 Å². The summed E-state index contributed by atoms with van der Waals surface area (Å²) in [6, 6.07) is 8.31. The maximum absolute atomic E-state index is 12.3. The summed E-state index contributed by atoms with van der Waals surface area (Å²) in [7, 11) is 0. The van der Waals surface area contributed by atoms with Crippen LogP contribution < -0.4 is 15.1 Å². The third kappa shape index (κ3) is 4.39. The van der Waals surface area contributed by atoms with Crippen molar-refractivity contribution in [2.45, 2.75) is 6.10 Å². The van der Waals surface area contributed by atoms with E-state index in [-0.39, 0.29) is 31.5 Å². The summed E-state index contributed by atoms with van der Waals surface area (Å²) in [6.45, 7) is 1.30. The monoisotopic (exact) mass is 469 g/mol. The molecule has 0 bridgehead atoms. The van der Waals surface area contributed by atoms with Gasteiger partial charge >= 0.3 is 6.09 Å². The number of hydrogen-bond donors (Lipinski definition) is 1. The highest BCUT2D eigenvalue weighted by atomic mass is 35.5. The average Bonchev–Trinajstić information content (AvgIpc) is 3.32. The number of rotatable bonds is 5. The van der Waals surface area contributed by atoms with E-state index in [4.69, 9.17) is 32.7 Å². The van der Waals surface area contributed by atoms with Crippen LogP contribution in [-0.2, 0) is 14.3 Å². The van der Waals surface area contributed by atoms with Gasteiger partial charge in [-0.05, 0) is 30.3 Å². The molecule has 3 heterocycles. The molecule has 1 aromatic carbocycles. The Labute approximate surface area is 186 Å². The molecule has 0 aliphatic carbocycles. The van der Waals surface area contributed by atoms with Crippen molar-refractivity contribution in [1.82, 2.24) is 5.32 Å². The summed E-state index contributed by atoms with van der Waals surface area (Å²) in [4.78, 5) is 40.0. The normalized spacial score (nSPS) is 19.2. The molecule has 158 valence electrons. The fourth-order valence-electron chi connectivity index (χ4n) is 3.22. The van der Waals surface area contributed by atoms with E-state index in [0.717, 1.165) is 0 Å². The molecule has 11 heteroatoms. The highest BCUT2D eigenvalue weighted by molar-refractivity contribution is 7.18. The fraction of sp³-hybridized carbons (Fsp3) is 0.316. The summed E-state index contributed by atoms with van der Waals surface area (Å²) in [6.07, 6.45) is -1.03. The molecule has 4 rings (SSSR count). The SMILES string of the molecule is O=C(NCC1CN(c2ccc(N3CCOCC3=O)c(Cl)c2)C(=O)O1)c1ccc(Cl)s1. The molecule has 30 heavy (non-hydrogen) atoms. The molecule has 0 saturated carbocycles. The standard InChI is InChI=1S/C19H17Cl2N3O5S/c20-13-7-11(1-2-14(13)23-5-6-28-10-17(23)25)24-9-12(29-19(24)27)8-22-18(26)15-3-4-16(21)30-15/h1-4,7,12H,5-6,8-10H2,(H,22,26). The Balaban J connectivity index is 1.39. The lowest BCUT2D eigenvalue weighted by molar-refractivity contribution is -0.125. The number of carbonyl (C=O) groups is 3. The fourth-order valence-corrected chi connectivity index (χ4v) is 4.46. The minimum absolute atomic E-state index is 0.0155. The Hall–Kier alpha value is -2.33. The van der Waals surface area contributed by atoms with E-state index in [0.29, 0.717) is 38.8 Å². The minimum atomic E-state index is -0.528. The van der Waals surface area contributed by atoms with Crippen LogP contribution in [0.15, 0.2) is 30.3 Å². The van der Waals surface area contributed by atoms with Gasteiger partial charge in [-0.15, -0.1) is 11.3 Å². The number of nitrogens with zero attached hydrogens (tertiary/aromatic N) is 2. The lowest BCUT2D eigenvalue weighted by Gasteiger charge is -2.28. The van der Waals surface area contributed by atoms with Crippen LogP contribution in [0, 0.1) is 0 Å². The molecule has 1 aromatic heterocycles. The van der Waals surface area contributed by atoms with Crippen molar-refractivity contribution in [1.29, 1.82) is 0 Å². The first-order valence-corrected chi connectivity index (χ1v) is 10.7. The first kappa shape index (κ1) is 20.9. The zero-order valence-electron chi connectivity index (χ0n) is 15.6. The van der Waals surface area contributed by atoms with Crippen molar-refractivity contribution in [3.8, 4) is 0 Å². The van der Waals surface area contributed by atoms with Crippen LogP contribution in [0.2, 0.25) is 9.36 Å². The second-order valence-corrected chi connectivity index (χ2v) is 8.79. The topological polar surface area (TPSA) is 88.2 Å². The molecule has 3 amide bonds. The molecule has 0 radical (unpaired) electrons. The summed E-state index contributed by atoms with van der Waals surface area (Å²) >= 11 is 13.4. The predicted octanol–water partition coefficient (Wildman–Crippen LogP) is 3.17. The number of hydrogen-bond acceptors (Lipinski definition) is 6. The Morgan fingerprint density at radius 3 is 2.73 bits per heavy atom. The van der Waals surface area contributed by atoms with Crippen LogP contribution in [0.3, 0.4) is 0 Å². The second kappa shape index (κ2) is 8.81. The smallest absolute Gasteiger partial charge is 0.414 e. The van der Waals surface area contributed by atoms with Gasteiger partial charge in [0.2, 0.25) is 0 Å². The van der Waals surface area contributed by atoms with E-state index in [1.54, 1.807) is 35.2 Å². The van der Waals surface area contributed by atoms with E-state index in [1.807, 2.05) is 0 Å². The molecular weight excluding hydrogens is 453 g/mol. The Morgan fingerprint density at radius 2 is 2.03 bits per heavy atom. The van der Waals surface area contributed by atoms with Gasteiger partial charge in [0.15, 0.2) is 0 Å². The van der Waals surface area contributed by atoms with Gasteiger partial charge in [0, 0.05) is 12.2 Å². The summed E-state index contributed by atoms with van der Waals surface area (Å²) in [5.74, 6) is -0.441. The molecule has 8 nitrogen and oxygen atoms in total. The van der Waals surface area contributed by atoms with Gasteiger partial charge in [-0.25, -0.2) is 4.79 Å². The van der Waals surface area contributed by atoms with Crippen molar-refractivity contribution in [3.63, 3.8) is 0 Å². The van der Waals surface area contributed by atoms with E-state index in [9.17, 15) is 14.4 Å². The zero-order valence-corrected chi connectivity index (χ0v) is 17.9. The van der Waals surface area contributed by atoms with Gasteiger partial charge in [0.05, 0.1) is 39.6 Å². The molecular formula is C19H17Cl2N3O5S. The number of thiophene rings is 1. The Morgan fingerprint density at radius 1 is 1.20 bits per heavy atom. The van der Waals surface area contributed by atoms with Gasteiger partial charge in [-0.1, -0.05) is 23.2 Å². The average molecular weight is 470 g/mol. The number of cyclic esters (lactones) is 1. The number of halogens is 2. The van der Waals surface area contributed by atoms with Crippen LogP contribution in [0.25, 0.3) is 0 Å². The van der Waals surface area contributed by atoms with Crippen molar-refractivity contribution in [2.75, 3.05) is 42.6 Å². The van der Waals surface area contributed by atoms with Crippen LogP contribution in [0.4, 0.5) is 16.2 Å². The van der Waals surface area contributed by atoms with Gasteiger partial charge in [0.25, 0.3) is 11.8 Å². The maximum atomic E-state index is 12.3. The van der Waals surface area contributed by atoms with Crippen molar-refractivity contribution < 1.29 is 23.9 Å². The van der Waals surface area contributed by atoms with Crippen molar-refractivity contribution >= 4 is 63.8 Å². The Kier molecular flexibility index (Phi) is 6.14. The quantitative estimate of drug-likeness (QED) is 0.726. The number of carbonyl (C=O) groups excluding carboxylic acids is 3. The van der Waals surface area contributed by atoms with Crippen LogP contribution in [0.1, 0.15) is 9.67 Å². The minimum Gasteiger partial charge on any atom is -0.442 e.